The van der Waals surface area contributed by atoms with Crippen LogP contribution in [0, 0.1) is 5.41 Å². The van der Waals surface area contributed by atoms with Gasteiger partial charge >= 0.3 is 29.8 Å². The van der Waals surface area contributed by atoms with Crippen LogP contribution in [-0.2, 0) is 47.7 Å². The van der Waals surface area contributed by atoms with E-state index in [-0.39, 0.29) is 69.8 Å². The largest absolute Gasteiger partial charge is 0.464 e. The highest BCUT2D eigenvalue weighted by atomic mass is 32.1. The van der Waals surface area contributed by atoms with Crippen molar-refractivity contribution in [3.05, 3.63) is 41.8 Å². The highest BCUT2D eigenvalue weighted by Crippen LogP contribution is 2.36. The summed E-state index contributed by atoms with van der Waals surface area (Å²) in [6.45, 7) is 5.14. The van der Waals surface area contributed by atoms with Crippen LogP contribution in [-0.4, -0.2) is 174 Å². The van der Waals surface area contributed by atoms with Gasteiger partial charge in [-0.15, -0.1) is 0 Å². The molecule has 1 fully saturated rings. The lowest BCUT2D eigenvalue weighted by Crippen LogP contribution is -2.40. The monoisotopic (exact) mass is 985 g/mol. The van der Waals surface area contributed by atoms with E-state index in [0.717, 1.165) is 18.7 Å². The fourth-order valence-electron chi connectivity index (χ4n) is 6.43. The Hall–Kier alpha value is -4.83. The maximum Gasteiger partial charge on any atom is 0.318 e. The van der Waals surface area contributed by atoms with Gasteiger partial charge in [-0.25, -0.2) is 0 Å². The molecule has 0 aromatic heterocycles. The zero-order chi connectivity index (χ0) is 50.1. The van der Waals surface area contributed by atoms with Gasteiger partial charge in [0.05, 0.1) is 0 Å². The van der Waals surface area contributed by atoms with Gasteiger partial charge in [-0.1, -0.05) is 20.5 Å². The van der Waals surface area contributed by atoms with Gasteiger partial charge in [0.1, 0.15) is 38.4 Å². The molecule has 67 heavy (non-hydrogen) atoms. The number of esters is 5. The molecule has 0 heterocycles. The Bertz CT molecular complexity index is 1560. The van der Waals surface area contributed by atoms with Gasteiger partial charge in [0.2, 0.25) is 0 Å². The lowest BCUT2D eigenvalue weighted by molar-refractivity contribution is -0.169. The summed E-state index contributed by atoms with van der Waals surface area (Å²) < 4.78 is 26.2. The van der Waals surface area contributed by atoms with Crippen LogP contribution in [0.25, 0.3) is 41.8 Å². The van der Waals surface area contributed by atoms with E-state index in [9.17, 15) is 24.0 Å². The first-order chi connectivity index (χ1) is 32.3. The first-order valence-electron chi connectivity index (χ1n) is 22.4. The molecule has 25 nitrogen and oxygen atoms in total. The molecule has 0 saturated heterocycles. The highest BCUT2D eigenvalue weighted by molar-refractivity contribution is 7.80. The van der Waals surface area contributed by atoms with Crippen LogP contribution in [0.5, 0.6) is 0 Å². The molecular formula is C40H71N15O10S2. The third kappa shape index (κ3) is 31.0. The zero-order valence-electron chi connectivity index (χ0n) is 39.5. The van der Waals surface area contributed by atoms with Gasteiger partial charge < -0.3 is 28.6 Å². The van der Waals surface area contributed by atoms with Gasteiger partial charge in [0.25, 0.3) is 0 Å². The van der Waals surface area contributed by atoms with Crippen LogP contribution < -0.4 is 0 Å². The minimum atomic E-state index is -1.36. The predicted molar refractivity (Wildman–Crippen MR) is 256 cm³/mol. The molecule has 0 bridgehead atoms. The Morgan fingerprint density at radius 2 is 0.806 bits per heavy atom. The summed E-state index contributed by atoms with van der Waals surface area (Å²) in [5.41, 5.74) is 31.6. The van der Waals surface area contributed by atoms with E-state index in [1.165, 1.54) is 6.92 Å². The molecule has 378 valence electrons. The number of nitrogens with zero attached hydrogens (tertiary/aromatic N) is 15. The predicted octanol–water partition coefficient (Wildman–Crippen LogP) is 6.78. The number of hydrogen-bond acceptors (Lipinski definition) is 19. The van der Waals surface area contributed by atoms with Crippen molar-refractivity contribution in [2.24, 2.45) is 25.9 Å². The van der Waals surface area contributed by atoms with E-state index >= 15 is 0 Å². The quantitative estimate of drug-likeness (QED) is 0.0122. The first-order valence-corrected chi connectivity index (χ1v) is 23.7. The van der Waals surface area contributed by atoms with Crippen LogP contribution in [0.2, 0.25) is 0 Å². The van der Waals surface area contributed by atoms with Gasteiger partial charge in [0.15, 0.2) is 0 Å². The molecule has 1 rings (SSSR count). The molecule has 0 aromatic rings. The second kappa shape index (κ2) is 40.3. The van der Waals surface area contributed by atoms with Crippen molar-refractivity contribution in [2.75, 3.05) is 111 Å². The third-order valence-electron chi connectivity index (χ3n) is 10.2. The summed E-state index contributed by atoms with van der Waals surface area (Å²) in [5.74, 6) is -1.03. The molecule has 0 aliphatic heterocycles. The molecule has 27 heteroatoms. The number of ether oxygens (including phenoxy) is 5. The van der Waals surface area contributed by atoms with Crippen molar-refractivity contribution in [1.29, 1.82) is 0 Å². The average molecular weight is 986 g/mol. The Kier molecular flexibility index (Phi) is 37.4. The van der Waals surface area contributed by atoms with Crippen molar-refractivity contribution in [3.8, 4) is 0 Å². The standard InChI is InChI=1S/C23H43N9O4S.C17H28N6O6S/c1-30(13-8-18-37)21-22(31(2)14-16-35-19(33)9-4-6-11-26-28-24)23(21)32(3)15-17-36-20(34)10-5-7-12-27-29-25;1-17(16(26)27-10-11-30,12-28-14(24)6-2-4-8-20-22-18)13-29-15(25)7-3-5-9-21-23-19/h21-23,37H,4-18H2,1-3H3;30H,2-13H2,1H3. The van der Waals surface area contributed by atoms with Crippen molar-refractivity contribution in [1.82, 2.24) is 14.7 Å². The molecule has 1 aliphatic carbocycles. The summed E-state index contributed by atoms with van der Waals surface area (Å²) >= 11 is 8.31. The molecule has 0 radical (unpaired) electrons. The fraction of sp³-hybridized carbons (Fsp3) is 0.875. The minimum Gasteiger partial charge on any atom is -0.464 e. The van der Waals surface area contributed by atoms with E-state index in [1.54, 1.807) is 0 Å². The van der Waals surface area contributed by atoms with Gasteiger partial charge in [-0.2, -0.15) is 25.3 Å². The van der Waals surface area contributed by atoms with Crippen LogP contribution in [0.15, 0.2) is 20.5 Å². The van der Waals surface area contributed by atoms with Crippen LogP contribution in [0.4, 0.5) is 0 Å². The third-order valence-corrected chi connectivity index (χ3v) is 10.7. The normalized spacial score (nSPS) is 15.5. The van der Waals surface area contributed by atoms with Gasteiger partial charge in [-0.05, 0) is 120 Å². The molecule has 2 unspecified atom stereocenters. The number of carbonyl (C=O) groups excluding carboxylic acids is 5. The van der Waals surface area contributed by atoms with Gasteiger partial charge in [0, 0.05) is 108 Å². The van der Waals surface area contributed by atoms with E-state index < -0.39 is 23.3 Å². The Balaban J connectivity index is 0.00000133. The molecular weight excluding hydrogens is 915 g/mol. The number of rotatable bonds is 39. The van der Waals surface area contributed by atoms with Crippen molar-refractivity contribution < 1.29 is 47.7 Å². The molecule has 0 aromatic carbocycles. The smallest absolute Gasteiger partial charge is 0.318 e. The number of unbranched alkanes of at least 4 members (excludes halogenated alkanes) is 4. The van der Waals surface area contributed by atoms with Crippen molar-refractivity contribution >= 4 is 55.1 Å². The second-order valence-corrected chi connectivity index (χ2v) is 16.7. The lowest BCUT2D eigenvalue weighted by Gasteiger charge is -2.26. The topological polar surface area (TPSA) is 336 Å². The molecule has 0 spiro atoms. The second-order valence-electron chi connectivity index (χ2n) is 15.8. The van der Waals surface area contributed by atoms with Crippen molar-refractivity contribution in [3.63, 3.8) is 0 Å². The van der Waals surface area contributed by atoms with E-state index in [0.29, 0.717) is 115 Å². The SMILES string of the molecule is CC(COC(=O)CCCCN=[N+]=[N-])(COC(=O)CCCCN=[N+]=[N-])C(=O)OCCS.CN(CCCS)C1C(N(C)CCOC(=O)CCCCN=[N+]=[N-])C1N(C)CCOC(=O)CCCCN=[N+]=[N-]. The Morgan fingerprint density at radius 1 is 0.478 bits per heavy atom. The van der Waals surface area contributed by atoms with Gasteiger partial charge in [-0.3, -0.25) is 33.8 Å². The number of hydrogen-bond donors (Lipinski definition) is 2. The number of likely N-dealkylation sites (N-methyl/N-ethyl adjacent to an activating group) is 3. The summed E-state index contributed by atoms with van der Waals surface area (Å²) in [6.07, 6.45) is 6.50. The number of thiol groups is 2. The molecule has 1 saturated carbocycles. The fourth-order valence-corrected chi connectivity index (χ4v) is 6.66. The molecule has 1 aliphatic rings. The Labute approximate surface area is 403 Å². The van der Waals surface area contributed by atoms with E-state index in [4.69, 9.17) is 45.8 Å². The minimum absolute atomic E-state index is 0.0677. The first kappa shape index (κ1) is 62.2. The Morgan fingerprint density at radius 3 is 1.12 bits per heavy atom. The molecule has 2 atom stereocenters. The zero-order valence-corrected chi connectivity index (χ0v) is 41.3. The maximum absolute atomic E-state index is 12.4. The summed E-state index contributed by atoms with van der Waals surface area (Å²) in [6, 6.07) is 0.866. The van der Waals surface area contributed by atoms with Crippen LogP contribution in [0.1, 0.15) is 90.4 Å². The van der Waals surface area contributed by atoms with E-state index in [2.05, 4.69) is 87.1 Å². The average Bonchev–Trinajstić information content (AvgIpc) is 4.07. The molecule has 0 N–H and O–H groups in total. The number of azide groups is 4. The number of carbonyl (C=O) groups is 5. The lowest BCUT2D eigenvalue weighted by atomic mass is 9.93. The van der Waals surface area contributed by atoms with E-state index in [1.807, 2.05) is 14.1 Å². The van der Waals surface area contributed by atoms with Crippen molar-refractivity contribution in [2.45, 2.75) is 109 Å². The van der Waals surface area contributed by atoms with Crippen LogP contribution >= 0.6 is 25.3 Å². The summed E-state index contributed by atoms with van der Waals surface area (Å²) in [7, 11) is 6.21. The summed E-state index contributed by atoms with van der Waals surface area (Å²) in [5, 5.41) is 13.7. The maximum atomic E-state index is 12.4. The van der Waals surface area contributed by atoms with Crippen LogP contribution in [0.3, 0.4) is 0 Å². The highest BCUT2D eigenvalue weighted by Gasteiger charge is 2.56. The molecule has 0 amide bonds. The summed E-state index contributed by atoms with van der Waals surface area (Å²) in [4.78, 5) is 77.5.